The molecule has 9 heteroatoms. The lowest BCUT2D eigenvalue weighted by Gasteiger charge is -2.29. The number of furan rings is 1. The second-order valence-electron chi connectivity index (χ2n) is 5.91. The van der Waals surface area contributed by atoms with E-state index < -0.39 is 0 Å². The number of halogens is 1. The fourth-order valence-electron chi connectivity index (χ4n) is 2.77. The van der Waals surface area contributed by atoms with Crippen molar-refractivity contribution in [3.8, 4) is 10.8 Å². The van der Waals surface area contributed by atoms with Crippen molar-refractivity contribution in [2.45, 2.75) is 0 Å². The second-order valence-corrected chi connectivity index (χ2v) is 7.17. The Morgan fingerprint density at radius 2 is 2.26 bits per heavy atom. The number of piperazine rings is 1. The lowest BCUT2D eigenvalue weighted by molar-refractivity contribution is -0.120. The van der Waals surface area contributed by atoms with Crippen LogP contribution in [0.5, 0.6) is 0 Å². The van der Waals surface area contributed by atoms with Gasteiger partial charge in [-0.25, -0.2) is 4.98 Å². The van der Waals surface area contributed by atoms with Crippen molar-refractivity contribution >= 4 is 46.1 Å². The van der Waals surface area contributed by atoms with Crippen LogP contribution in [0.3, 0.4) is 0 Å². The normalized spacial score (nSPS) is 14.1. The maximum Gasteiger partial charge on any atom is 0.275 e. The maximum atomic E-state index is 12.4. The van der Waals surface area contributed by atoms with E-state index >= 15 is 0 Å². The van der Waals surface area contributed by atoms with Crippen LogP contribution in [0.4, 0.5) is 11.4 Å². The van der Waals surface area contributed by atoms with Crippen LogP contribution in [0, 0.1) is 0 Å². The fourth-order valence-corrected chi connectivity index (χ4v) is 3.84. The molecule has 1 aromatic carbocycles. The predicted molar refractivity (Wildman–Crippen MR) is 104 cm³/mol. The summed E-state index contributed by atoms with van der Waals surface area (Å²) >= 11 is 7.70. The summed E-state index contributed by atoms with van der Waals surface area (Å²) in [6.45, 7) is 1.53. The van der Waals surface area contributed by atoms with Crippen molar-refractivity contribution in [3.05, 3.63) is 52.7 Å². The number of aromatic nitrogens is 1. The summed E-state index contributed by atoms with van der Waals surface area (Å²) in [7, 11) is 0. The van der Waals surface area contributed by atoms with E-state index in [1.807, 2.05) is 4.90 Å². The SMILES string of the molecule is O=C1CN(c2ccc(NC(=O)c3csc(-c4ccco4)n3)cc2Cl)CCN1. The molecule has 0 atom stereocenters. The molecule has 2 N–H and O–H groups in total. The molecule has 0 spiro atoms. The van der Waals surface area contributed by atoms with E-state index in [-0.39, 0.29) is 18.4 Å². The number of anilines is 2. The van der Waals surface area contributed by atoms with Crippen molar-refractivity contribution < 1.29 is 14.0 Å². The molecule has 1 fully saturated rings. The lowest BCUT2D eigenvalue weighted by Crippen LogP contribution is -2.47. The number of nitrogens with one attached hydrogen (secondary N) is 2. The Balaban J connectivity index is 1.47. The van der Waals surface area contributed by atoms with Gasteiger partial charge in [-0.05, 0) is 30.3 Å². The first-order valence-corrected chi connectivity index (χ1v) is 9.48. The van der Waals surface area contributed by atoms with E-state index in [1.165, 1.54) is 11.3 Å². The minimum absolute atomic E-state index is 0.0365. The molecule has 2 aromatic heterocycles. The van der Waals surface area contributed by atoms with Gasteiger partial charge in [0.2, 0.25) is 5.91 Å². The third kappa shape index (κ3) is 3.81. The third-order valence-corrected chi connectivity index (χ3v) is 5.21. The molecule has 7 nitrogen and oxygen atoms in total. The summed E-state index contributed by atoms with van der Waals surface area (Å²) in [4.78, 5) is 30.2. The highest BCUT2D eigenvalue weighted by Gasteiger charge is 2.19. The molecule has 0 radical (unpaired) electrons. The summed E-state index contributed by atoms with van der Waals surface area (Å²) in [6, 6.07) is 8.78. The van der Waals surface area contributed by atoms with Crippen LogP contribution in [0.25, 0.3) is 10.8 Å². The molecule has 1 aliphatic heterocycles. The van der Waals surface area contributed by atoms with Crippen LogP contribution < -0.4 is 15.5 Å². The third-order valence-electron chi connectivity index (χ3n) is 4.05. The molecular formula is C18H15ClN4O3S. The van der Waals surface area contributed by atoms with E-state index in [1.54, 1.807) is 42.0 Å². The topological polar surface area (TPSA) is 87.5 Å². The fraction of sp³-hybridized carbons (Fsp3) is 0.167. The molecular weight excluding hydrogens is 388 g/mol. The number of hydrogen-bond donors (Lipinski definition) is 2. The van der Waals surface area contributed by atoms with Gasteiger partial charge in [0.05, 0.1) is 23.5 Å². The van der Waals surface area contributed by atoms with E-state index in [9.17, 15) is 9.59 Å². The van der Waals surface area contributed by atoms with E-state index in [0.29, 0.717) is 40.3 Å². The zero-order valence-corrected chi connectivity index (χ0v) is 15.6. The number of benzene rings is 1. The van der Waals surface area contributed by atoms with Crippen LogP contribution >= 0.6 is 22.9 Å². The molecule has 1 saturated heterocycles. The first kappa shape index (κ1) is 17.6. The molecule has 2 amide bonds. The smallest absolute Gasteiger partial charge is 0.275 e. The van der Waals surface area contributed by atoms with Crippen LogP contribution in [0.15, 0.2) is 46.4 Å². The molecule has 3 aromatic rings. The number of nitrogens with zero attached hydrogens (tertiary/aromatic N) is 2. The highest BCUT2D eigenvalue weighted by molar-refractivity contribution is 7.13. The molecule has 4 rings (SSSR count). The molecule has 0 unspecified atom stereocenters. The first-order chi connectivity index (χ1) is 13.1. The first-order valence-electron chi connectivity index (χ1n) is 8.22. The Kier molecular flexibility index (Phi) is 4.83. The molecule has 138 valence electrons. The number of hydrogen-bond acceptors (Lipinski definition) is 6. The summed E-state index contributed by atoms with van der Waals surface area (Å²) in [6.07, 6.45) is 1.56. The highest BCUT2D eigenvalue weighted by Crippen LogP contribution is 2.30. The minimum Gasteiger partial charge on any atom is -0.462 e. The van der Waals surface area contributed by atoms with Crippen molar-refractivity contribution in [2.24, 2.45) is 0 Å². The number of carbonyl (C=O) groups excluding carboxylic acids is 2. The monoisotopic (exact) mass is 402 g/mol. The maximum absolute atomic E-state index is 12.4. The lowest BCUT2D eigenvalue weighted by atomic mass is 10.2. The average Bonchev–Trinajstić information content (AvgIpc) is 3.33. The molecule has 0 aliphatic carbocycles. The van der Waals surface area contributed by atoms with Crippen LogP contribution in [0.2, 0.25) is 5.02 Å². The van der Waals surface area contributed by atoms with E-state index in [0.717, 1.165) is 5.69 Å². The van der Waals surface area contributed by atoms with E-state index in [2.05, 4.69) is 15.6 Å². The van der Waals surface area contributed by atoms with Crippen molar-refractivity contribution in [2.75, 3.05) is 29.9 Å². The van der Waals surface area contributed by atoms with Gasteiger partial charge in [-0.3, -0.25) is 9.59 Å². The largest absolute Gasteiger partial charge is 0.462 e. The van der Waals surface area contributed by atoms with Gasteiger partial charge in [0.1, 0.15) is 5.69 Å². The second kappa shape index (κ2) is 7.42. The summed E-state index contributed by atoms with van der Waals surface area (Å²) in [5.74, 6) is 0.257. The minimum atomic E-state index is -0.328. The van der Waals surface area contributed by atoms with Gasteiger partial charge < -0.3 is 20.0 Å². The number of carbonyl (C=O) groups is 2. The molecule has 27 heavy (non-hydrogen) atoms. The van der Waals surface area contributed by atoms with Gasteiger partial charge in [0, 0.05) is 24.2 Å². The zero-order chi connectivity index (χ0) is 18.8. The Labute approximate surface area is 164 Å². The van der Waals surface area contributed by atoms with Crippen LogP contribution in [0.1, 0.15) is 10.5 Å². The van der Waals surface area contributed by atoms with Gasteiger partial charge in [-0.15, -0.1) is 11.3 Å². The highest BCUT2D eigenvalue weighted by atomic mass is 35.5. The number of rotatable bonds is 4. The van der Waals surface area contributed by atoms with Crippen LogP contribution in [-0.2, 0) is 4.79 Å². The van der Waals surface area contributed by atoms with Gasteiger partial charge in [0.15, 0.2) is 10.8 Å². The van der Waals surface area contributed by atoms with Crippen molar-refractivity contribution in [1.82, 2.24) is 10.3 Å². The Morgan fingerprint density at radius 1 is 1.37 bits per heavy atom. The predicted octanol–water partition coefficient (Wildman–Crippen LogP) is 3.25. The number of thiazole rings is 1. The van der Waals surface area contributed by atoms with E-state index in [4.69, 9.17) is 16.0 Å². The summed E-state index contributed by atoms with van der Waals surface area (Å²) in [5.41, 5.74) is 1.63. The molecule has 0 bridgehead atoms. The van der Waals surface area contributed by atoms with Crippen LogP contribution in [-0.4, -0.2) is 36.4 Å². The summed E-state index contributed by atoms with van der Waals surface area (Å²) < 4.78 is 5.29. The Morgan fingerprint density at radius 3 is 3.00 bits per heavy atom. The Hall–Kier alpha value is -2.84. The Bertz CT molecular complexity index is 986. The van der Waals surface area contributed by atoms with Crippen molar-refractivity contribution in [3.63, 3.8) is 0 Å². The van der Waals surface area contributed by atoms with Crippen molar-refractivity contribution in [1.29, 1.82) is 0 Å². The molecule has 0 saturated carbocycles. The van der Waals surface area contributed by atoms with Gasteiger partial charge >= 0.3 is 0 Å². The quantitative estimate of drug-likeness (QED) is 0.699. The molecule has 3 heterocycles. The molecule has 1 aliphatic rings. The van der Waals surface area contributed by atoms with Gasteiger partial charge in [0.25, 0.3) is 5.91 Å². The van der Waals surface area contributed by atoms with Gasteiger partial charge in [-0.2, -0.15) is 0 Å². The average molecular weight is 403 g/mol. The zero-order valence-electron chi connectivity index (χ0n) is 14.1. The van der Waals surface area contributed by atoms with Gasteiger partial charge in [-0.1, -0.05) is 11.6 Å². The number of amides is 2. The summed E-state index contributed by atoms with van der Waals surface area (Å²) in [5, 5.41) is 8.35. The standard InChI is InChI=1S/C18H15ClN4O3S/c19-12-8-11(3-4-14(12)23-6-5-20-16(24)9-23)21-17(25)13-10-27-18(22-13)15-2-1-7-26-15/h1-4,7-8,10H,5-6,9H2,(H,20,24)(H,21,25).